The van der Waals surface area contributed by atoms with Crippen LogP contribution in [0.15, 0.2) is 11.7 Å². The van der Waals surface area contributed by atoms with Gasteiger partial charge in [0.25, 0.3) is 0 Å². The molecule has 9 heteroatoms. The lowest BCUT2D eigenvalue weighted by Crippen LogP contribution is -2.65. The standard InChI is InChI=1S/C16H21N3O5S/c1-15(2,3)24-14(23)19-7-16(8-19)11(12(20)21)6-18(13(16)22)5-10-4-17-9-25-10/h4,9,11H,5-8H2,1-3H3,(H,20,21). The van der Waals surface area contributed by atoms with Crippen LogP contribution >= 0.6 is 11.3 Å². The van der Waals surface area contributed by atoms with Crippen LogP contribution in [0.2, 0.25) is 0 Å². The first-order valence-corrected chi connectivity index (χ1v) is 8.88. The Bertz CT molecular complexity index is 691. The van der Waals surface area contributed by atoms with Crippen molar-refractivity contribution in [2.24, 2.45) is 11.3 Å². The molecule has 3 rings (SSSR count). The van der Waals surface area contributed by atoms with Crippen molar-refractivity contribution in [3.63, 3.8) is 0 Å². The fourth-order valence-corrected chi connectivity index (χ4v) is 3.96. The van der Waals surface area contributed by atoms with Crippen molar-refractivity contribution in [2.75, 3.05) is 19.6 Å². The zero-order valence-electron chi connectivity index (χ0n) is 14.4. The maximum atomic E-state index is 12.9. The average Bonchev–Trinajstić information content (AvgIpc) is 3.03. The Morgan fingerprint density at radius 1 is 1.44 bits per heavy atom. The van der Waals surface area contributed by atoms with Crippen molar-refractivity contribution < 1.29 is 24.2 Å². The molecule has 1 aromatic heterocycles. The molecule has 0 saturated carbocycles. The predicted molar refractivity (Wildman–Crippen MR) is 88.9 cm³/mol. The Balaban J connectivity index is 1.72. The largest absolute Gasteiger partial charge is 0.481 e. The number of hydrogen-bond donors (Lipinski definition) is 1. The number of carboxylic acid groups (broad SMARTS) is 1. The Labute approximate surface area is 149 Å². The molecule has 2 fully saturated rings. The molecule has 25 heavy (non-hydrogen) atoms. The summed E-state index contributed by atoms with van der Waals surface area (Å²) < 4.78 is 5.30. The topological polar surface area (TPSA) is 100 Å². The van der Waals surface area contributed by atoms with Crippen molar-refractivity contribution in [3.05, 3.63) is 16.6 Å². The van der Waals surface area contributed by atoms with E-state index in [-0.39, 0.29) is 25.5 Å². The van der Waals surface area contributed by atoms with Crippen LogP contribution in [0.1, 0.15) is 25.6 Å². The molecule has 0 aromatic carbocycles. The molecule has 0 bridgehead atoms. The number of amides is 2. The molecule has 1 unspecified atom stereocenters. The molecule has 2 aliphatic rings. The monoisotopic (exact) mass is 367 g/mol. The molecule has 1 atom stereocenters. The normalized spacial score (nSPS) is 22.2. The van der Waals surface area contributed by atoms with Crippen LogP contribution < -0.4 is 0 Å². The third-order valence-corrected chi connectivity index (χ3v) is 5.27. The number of carboxylic acids is 1. The van der Waals surface area contributed by atoms with Gasteiger partial charge in [-0.15, -0.1) is 11.3 Å². The van der Waals surface area contributed by atoms with E-state index < -0.39 is 29.0 Å². The van der Waals surface area contributed by atoms with Crippen LogP contribution in [0.4, 0.5) is 4.79 Å². The van der Waals surface area contributed by atoms with Gasteiger partial charge in [0, 0.05) is 30.7 Å². The zero-order valence-corrected chi connectivity index (χ0v) is 15.2. The predicted octanol–water partition coefficient (Wildman–Crippen LogP) is 1.42. The molecule has 0 aliphatic carbocycles. The number of aromatic nitrogens is 1. The second-order valence-electron chi connectivity index (χ2n) is 7.54. The highest BCUT2D eigenvalue weighted by atomic mass is 32.1. The highest BCUT2D eigenvalue weighted by molar-refractivity contribution is 7.09. The summed E-state index contributed by atoms with van der Waals surface area (Å²) in [6, 6.07) is 0. The van der Waals surface area contributed by atoms with E-state index in [1.54, 1.807) is 37.4 Å². The van der Waals surface area contributed by atoms with Crippen LogP contribution in [-0.2, 0) is 20.9 Å². The summed E-state index contributed by atoms with van der Waals surface area (Å²) in [4.78, 5) is 44.5. The van der Waals surface area contributed by atoms with E-state index >= 15 is 0 Å². The molecule has 1 N–H and O–H groups in total. The Hall–Kier alpha value is -2.16. The molecule has 2 amide bonds. The van der Waals surface area contributed by atoms with Crippen molar-refractivity contribution in [2.45, 2.75) is 32.9 Å². The summed E-state index contributed by atoms with van der Waals surface area (Å²) >= 11 is 1.42. The number of carbonyl (C=O) groups is 3. The van der Waals surface area contributed by atoms with Crippen LogP contribution in [0.25, 0.3) is 0 Å². The van der Waals surface area contributed by atoms with E-state index in [2.05, 4.69) is 4.98 Å². The van der Waals surface area contributed by atoms with Crippen LogP contribution in [-0.4, -0.2) is 63.1 Å². The van der Waals surface area contributed by atoms with Gasteiger partial charge in [0.05, 0.1) is 23.4 Å². The van der Waals surface area contributed by atoms with E-state index in [0.29, 0.717) is 6.54 Å². The molecule has 136 valence electrons. The van der Waals surface area contributed by atoms with E-state index in [1.807, 2.05) is 0 Å². The number of thiazole rings is 1. The quantitative estimate of drug-likeness (QED) is 0.867. The summed E-state index contributed by atoms with van der Waals surface area (Å²) in [6.45, 7) is 5.94. The number of likely N-dealkylation sites (tertiary alicyclic amines) is 2. The van der Waals surface area contributed by atoms with Gasteiger partial charge in [0.1, 0.15) is 5.60 Å². The third-order valence-electron chi connectivity index (χ3n) is 4.51. The SMILES string of the molecule is CC(C)(C)OC(=O)N1CC2(C1)C(=O)N(Cc1cncs1)CC2C(=O)O. The highest BCUT2D eigenvalue weighted by Crippen LogP contribution is 2.46. The first kappa shape index (κ1) is 17.7. The van der Waals surface area contributed by atoms with E-state index in [9.17, 15) is 19.5 Å². The van der Waals surface area contributed by atoms with Gasteiger partial charge < -0.3 is 19.6 Å². The van der Waals surface area contributed by atoms with Gasteiger partial charge in [-0.25, -0.2) is 4.79 Å². The molecular formula is C16H21N3O5S. The maximum Gasteiger partial charge on any atom is 0.410 e. The lowest BCUT2D eigenvalue weighted by molar-refractivity contribution is -0.158. The lowest BCUT2D eigenvalue weighted by atomic mass is 9.71. The number of hydrogen-bond acceptors (Lipinski definition) is 6. The van der Waals surface area contributed by atoms with Crippen LogP contribution in [0.3, 0.4) is 0 Å². The van der Waals surface area contributed by atoms with Crippen molar-refractivity contribution in [3.8, 4) is 0 Å². The molecule has 2 aliphatic heterocycles. The molecule has 1 aromatic rings. The van der Waals surface area contributed by atoms with Crippen molar-refractivity contribution in [1.29, 1.82) is 0 Å². The molecule has 1 spiro atoms. The molecule has 2 saturated heterocycles. The van der Waals surface area contributed by atoms with Gasteiger partial charge in [-0.2, -0.15) is 0 Å². The lowest BCUT2D eigenvalue weighted by Gasteiger charge is -2.47. The van der Waals surface area contributed by atoms with Crippen molar-refractivity contribution >= 4 is 29.3 Å². The van der Waals surface area contributed by atoms with Gasteiger partial charge in [-0.3, -0.25) is 14.6 Å². The minimum Gasteiger partial charge on any atom is -0.481 e. The van der Waals surface area contributed by atoms with E-state index in [4.69, 9.17) is 4.74 Å². The third kappa shape index (κ3) is 3.20. The Morgan fingerprint density at radius 2 is 2.12 bits per heavy atom. The second kappa shape index (κ2) is 5.98. The van der Waals surface area contributed by atoms with Gasteiger partial charge in [0.2, 0.25) is 5.91 Å². The van der Waals surface area contributed by atoms with Gasteiger partial charge in [-0.05, 0) is 20.8 Å². The van der Waals surface area contributed by atoms with Crippen LogP contribution in [0, 0.1) is 11.3 Å². The Kier molecular flexibility index (Phi) is 4.22. The zero-order chi connectivity index (χ0) is 18.4. The summed E-state index contributed by atoms with van der Waals surface area (Å²) in [5.74, 6) is -2.05. The molecular weight excluding hydrogens is 346 g/mol. The first-order valence-electron chi connectivity index (χ1n) is 8.00. The van der Waals surface area contributed by atoms with Crippen molar-refractivity contribution in [1.82, 2.24) is 14.8 Å². The summed E-state index contributed by atoms with van der Waals surface area (Å²) in [6.07, 6.45) is 1.16. The van der Waals surface area contributed by atoms with E-state index in [0.717, 1.165) is 4.88 Å². The minimum absolute atomic E-state index is 0.0803. The number of rotatable bonds is 3. The van der Waals surface area contributed by atoms with Gasteiger partial charge in [-0.1, -0.05) is 0 Å². The number of carbonyl (C=O) groups excluding carboxylic acids is 2. The van der Waals surface area contributed by atoms with Gasteiger partial charge in [0.15, 0.2) is 0 Å². The number of ether oxygens (including phenoxy) is 1. The number of nitrogens with zero attached hydrogens (tertiary/aromatic N) is 3. The fraction of sp³-hybridized carbons (Fsp3) is 0.625. The summed E-state index contributed by atoms with van der Waals surface area (Å²) in [5, 5.41) is 9.56. The first-order chi connectivity index (χ1) is 11.6. The smallest absolute Gasteiger partial charge is 0.410 e. The second-order valence-corrected chi connectivity index (χ2v) is 8.51. The van der Waals surface area contributed by atoms with Crippen LogP contribution in [0.5, 0.6) is 0 Å². The van der Waals surface area contributed by atoms with E-state index in [1.165, 1.54) is 16.2 Å². The minimum atomic E-state index is -1.05. The average molecular weight is 367 g/mol. The summed E-state index contributed by atoms with van der Waals surface area (Å²) in [7, 11) is 0. The fourth-order valence-electron chi connectivity index (χ4n) is 3.35. The number of aliphatic carboxylic acids is 1. The van der Waals surface area contributed by atoms with Gasteiger partial charge >= 0.3 is 12.1 Å². The highest BCUT2D eigenvalue weighted by Gasteiger charge is 2.64. The molecule has 3 heterocycles. The molecule has 0 radical (unpaired) electrons. The Morgan fingerprint density at radius 3 is 2.64 bits per heavy atom. The molecule has 8 nitrogen and oxygen atoms in total. The summed E-state index contributed by atoms with van der Waals surface area (Å²) in [5.41, 5.74) is -0.00866. The maximum absolute atomic E-state index is 12.9.